The molecular weight excluding hydrogens is 503 g/mol. The minimum absolute atomic E-state index is 0.0105. The van der Waals surface area contributed by atoms with Gasteiger partial charge in [-0.25, -0.2) is 14.2 Å². The third-order valence-electron chi connectivity index (χ3n) is 6.06. The molecule has 0 spiro atoms. The summed E-state index contributed by atoms with van der Waals surface area (Å²) in [5.41, 5.74) is -3.27. The number of carbonyl (C=O) groups excluding carboxylic acids is 2. The maximum Gasteiger partial charge on any atom is 0.417 e. The Balaban J connectivity index is 2.10. The van der Waals surface area contributed by atoms with E-state index in [0.717, 1.165) is 33.3 Å². The van der Waals surface area contributed by atoms with Crippen LogP contribution in [0.5, 0.6) is 5.75 Å². The Morgan fingerprint density at radius 3 is 2.43 bits per heavy atom. The Bertz CT molecular complexity index is 1160. The van der Waals surface area contributed by atoms with Crippen LogP contribution in [-0.4, -0.2) is 49.0 Å². The second-order valence-electron chi connectivity index (χ2n) is 7.98. The summed E-state index contributed by atoms with van der Waals surface area (Å²) >= 11 is 5.77. The molecule has 0 radical (unpaired) electrons. The summed E-state index contributed by atoms with van der Waals surface area (Å²) in [6.07, 6.45) is -5.58. The molecule has 1 aliphatic heterocycles. The fraction of sp³-hybridized carbons (Fsp3) is 0.409. The smallest absolute Gasteiger partial charge is 0.417 e. The molecule has 190 valence electrons. The van der Waals surface area contributed by atoms with E-state index in [1.807, 2.05) is 0 Å². The number of aromatic nitrogens is 1. The van der Waals surface area contributed by atoms with Gasteiger partial charge in [0, 0.05) is 29.3 Å². The molecule has 2 aromatic rings. The fourth-order valence-electron chi connectivity index (χ4n) is 4.01. The minimum atomic E-state index is -4.93. The lowest BCUT2D eigenvalue weighted by molar-refractivity contribution is -0.272. The van der Waals surface area contributed by atoms with Gasteiger partial charge in [-0.2, -0.15) is 17.6 Å². The first-order valence-corrected chi connectivity index (χ1v) is 10.5. The number of amides is 1. The number of hydrogen-bond donors (Lipinski definition) is 1. The van der Waals surface area contributed by atoms with Gasteiger partial charge in [0.2, 0.25) is 5.82 Å². The molecular formula is C22H20ClF5N2O5. The van der Waals surface area contributed by atoms with Crippen LogP contribution in [0.1, 0.15) is 35.8 Å². The number of benzene rings is 1. The molecule has 2 heterocycles. The summed E-state index contributed by atoms with van der Waals surface area (Å²) in [4.78, 5) is 28.7. The zero-order valence-corrected chi connectivity index (χ0v) is 19.6. The summed E-state index contributed by atoms with van der Waals surface area (Å²) < 4.78 is 85.4. The molecule has 1 aromatic carbocycles. The van der Waals surface area contributed by atoms with Crippen molar-refractivity contribution in [2.24, 2.45) is 5.92 Å². The molecule has 1 aliphatic rings. The highest BCUT2D eigenvalue weighted by atomic mass is 35.5. The van der Waals surface area contributed by atoms with E-state index in [-0.39, 0.29) is 16.9 Å². The molecule has 0 saturated carbocycles. The van der Waals surface area contributed by atoms with Crippen LogP contribution in [0.15, 0.2) is 24.4 Å². The average Bonchev–Trinajstić information content (AvgIpc) is 3.08. The Kier molecular flexibility index (Phi) is 7.28. The van der Waals surface area contributed by atoms with Gasteiger partial charge in [-0.3, -0.25) is 4.79 Å². The number of pyridine rings is 1. The minimum Gasteiger partial charge on any atom is -0.493 e. The van der Waals surface area contributed by atoms with Gasteiger partial charge in [0.05, 0.1) is 19.2 Å². The molecule has 0 bridgehead atoms. The lowest BCUT2D eigenvalue weighted by Gasteiger charge is -2.32. The largest absolute Gasteiger partial charge is 0.493 e. The molecule has 1 fully saturated rings. The van der Waals surface area contributed by atoms with Crippen LogP contribution in [0.25, 0.3) is 0 Å². The van der Waals surface area contributed by atoms with Crippen molar-refractivity contribution in [2.45, 2.75) is 37.6 Å². The van der Waals surface area contributed by atoms with E-state index in [4.69, 9.17) is 21.1 Å². The Morgan fingerprint density at radius 2 is 1.86 bits per heavy atom. The SMILES string of the molecule is COC(=O)c1cc(NC(=O)[C@@H]2O[C@@](C)(C(F)(F)F)[C@@H](C)[C@H]2c2cc(Cl)c(F)c(F)c2OC)ccn1. The van der Waals surface area contributed by atoms with Gasteiger partial charge in [-0.1, -0.05) is 18.5 Å². The summed E-state index contributed by atoms with van der Waals surface area (Å²) in [6.45, 7) is 1.93. The van der Waals surface area contributed by atoms with Crippen LogP contribution in [0.2, 0.25) is 5.02 Å². The van der Waals surface area contributed by atoms with Crippen molar-refractivity contribution in [2.75, 3.05) is 19.5 Å². The summed E-state index contributed by atoms with van der Waals surface area (Å²) in [5, 5.41) is 1.66. The average molecular weight is 523 g/mol. The first kappa shape index (κ1) is 26.6. The molecule has 4 atom stereocenters. The predicted octanol–water partition coefficient (Wildman–Crippen LogP) is 4.89. The number of halogens is 6. The molecule has 0 unspecified atom stereocenters. The first-order valence-electron chi connectivity index (χ1n) is 10.1. The van der Waals surface area contributed by atoms with Gasteiger partial charge in [0.15, 0.2) is 17.2 Å². The van der Waals surface area contributed by atoms with Crippen LogP contribution in [0.4, 0.5) is 27.6 Å². The molecule has 0 aliphatic carbocycles. The van der Waals surface area contributed by atoms with Crippen LogP contribution in [0.3, 0.4) is 0 Å². The maximum absolute atomic E-state index is 14.6. The highest BCUT2D eigenvalue weighted by Gasteiger charge is 2.66. The van der Waals surface area contributed by atoms with Gasteiger partial charge in [0.1, 0.15) is 11.8 Å². The van der Waals surface area contributed by atoms with Crippen molar-refractivity contribution in [3.63, 3.8) is 0 Å². The number of methoxy groups -OCH3 is 2. The van der Waals surface area contributed by atoms with E-state index >= 15 is 0 Å². The summed E-state index contributed by atoms with van der Waals surface area (Å²) in [7, 11) is 2.12. The van der Waals surface area contributed by atoms with Gasteiger partial charge in [-0.15, -0.1) is 0 Å². The zero-order chi connectivity index (χ0) is 26.3. The second kappa shape index (κ2) is 9.57. The molecule has 3 rings (SSSR count). The van der Waals surface area contributed by atoms with Crippen molar-refractivity contribution < 1.29 is 45.8 Å². The Hall–Kier alpha value is -2.99. The van der Waals surface area contributed by atoms with Crippen molar-refractivity contribution in [3.8, 4) is 5.75 Å². The van der Waals surface area contributed by atoms with E-state index in [2.05, 4.69) is 15.0 Å². The monoisotopic (exact) mass is 522 g/mol. The van der Waals surface area contributed by atoms with Gasteiger partial charge >= 0.3 is 12.1 Å². The number of nitrogens with one attached hydrogen (secondary N) is 1. The quantitative estimate of drug-likeness (QED) is 0.342. The van der Waals surface area contributed by atoms with Crippen molar-refractivity contribution in [1.29, 1.82) is 0 Å². The standard InChI is InChI=1S/C22H20ClF5N2O5/c1-9-14(11-8-12(23)15(24)16(25)17(11)33-3)18(35-21(9,2)22(26,27)28)19(31)30-10-5-6-29-13(7-10)20(32)34-4/h5-9,14,18H,1-4H3,(H,29,30,31)/t9-,14-,18+,21+/m0/s1. The van der Waals surface area contributed by atoms with E-state index in [9.17, 15) is 31.5 Å². The lowest BCUT2D eigenvalue weighted by atomic mass is 9.77. The number of ether oxygens (including phenoxy) is 3. The highest BCUT2D eigenvalue weighted by molar-refractivity contribution is 6.30. The van der Waals surface area contributed by atoms with E-state index in [1.54, 1.807) is 0 Å². The number of esters is 1. The highest BCUT2D eigenvalue weighted by Crippen LogP contribution is 2.55. The van der Waals surface area contributed by atoms with Crippen LogP contribution < -0.4 is 10.1 Å². The van der Waals surface area contributed by atoms with Crippen molar-refractivity contribution in [1.82, 2.24) is 4.98 Å². The van der Waals surface area contributed by atoms with Crippen molar-refractivity contribution in [3.05, 3.63) is 52.3 Å². The number of nitrogens with zero attached hydrogens (tertiary/aromatic N) is 1. The lowest BCUT2D eigenvalue weighted by Crippen LogP contribution is -2.47. The van der Waals surface area contributed by atoms with Crippen LogP contribution in [0, 0.1) is 17.6 Å². The topological polar surface area (TPSA) is 86.8 Å². The van der Waals surface area contributed by atoms with E-state index < -0.39 is 64.0 Å². The molecule has 1 aromatic heterocycles. The van der Waals surface area contributed by atoms with Crippen molar-refractivity contribution >= 4 is 29.2 Å². The zero-order valence-electron chi connectivity index (χ0n) is 18.8. The third kappa shape index (κ3) is 4.64. The van der Waals surface area contributed by atoms with E-state index in [1.165, 1.54) is 19.2 Å². The number of hydrogen-bond acceptors (Lipinski definition) is 6. The molecule has 13 heteroatoms. The number of carbonyl (C=O) groups is 2. The van der Waals surface area contributed by atoms with Gasteiger partial charge in [0.25, 0.3) is 5.91 Å². The molecule has 1 N–H and O–H groups in total. The van der Waals surface area contributed by atoms with Gasteiger partial charge < -0.3 is 19.5 Å². The number of rotatable bonds is 5. The summed E-state index contributed by atoms with van der Waals surface area (Å²) in [5.74, 6) is -8.43. The normalized spacial score (nSPS) is 24.2. The van der Waals surface area contributed by atoms with Crippen LogP contribution in [-0.2, 0) is 14.3 Å². The Labute approximate surface area is 201 Å². The first-order chi connectivity index (χ1) is 16.3. The Morgan fingerprint density at radius 1 is 1.20 bits per heavy atom. The molecule has 7 nitrogen and oxygen atoms in total. The fourth-order valence-corrected chi connectivity index (χ4v) is 4.21. The summed E-state index contributed by atoms with van der Waals surface area (Å²) in [6, 6.07) is 3.35. The molecule has 1 saturated heterocycles. The third-order valence-corrected chi connectivity index (χ3v) is 6.33. The van der Waals surface area contributed by atoms with E-state index in [0.29, 0.717) is 0 Å². The van der Waals surface area contributed by atoms with Gasteiger partial charge in [-0.05, 0) is 25.1 Å². The number of alkyl halides is 3. The number of anilines is 1. The van der Waals surface area contributed by atoms with Crippen LogP contribution >= 0.6 is 11.6 Å². The second-order valence-corrected chi connectivity index (χ2v) is 8.38. The maximum atomic E-state index is 14.6. The molecule has 35 heavy (non-hydrogen) atoms. The molecule has 1 amide bonds. The predicted molar refractivity (Wildman–Crippen MR) is 113 cm³/mol.